The number of fused-ring (bicyclic) bond motifs is 1. The molecular weight excluding hydrogens is 424 g/mol. The van der Waals surface area contributed by atoms with E-state index in [9.17, 15) is 14.4 Å². The Balaban J connectivity index is 1.30. The number of aromatic nitrogens is 5. The minimum Gasteiger partial charge on any atom is -0.356 e. The summed E-state index contributed by atoms with van der Waals surface area (Å²) in [5.41, 5.74) is 1.47. The van der Waals surface area contributed by atoms with Gasteiger partial charge in [0.2, 0.25) is 5.91 Å². The van der Waals surface area contributed by atoms with E-state index in [-0.39, 0.29) is 29.5 Å². The van der Waals surface area contributed by atoms with Gasteiger partial charge in [-0.2, -0.15) is 10.2 Å². The summed E-state index contributed by atoms with van der Waals surface area (Å²) >= 11 is 0. The fourth-order valence-electron chi connectivity index (χ4n) is 4.28. The van der Waals surface area contributed by atoms with Crippen LogP contribution in [0.3, 0.4) is 0 Å². The zero-order valence-corrected chi connectivity index (χ0v) is 18.0. The third-order valence-electron chi connectivity index (χ3n) is 6.01. The first kappa shape index (κ1) is 20.8. The molecule has 33 heavy (non-hydrogen) atoms. The highest BCUT2D eigenvalue weighted by molar-refractivity contribution is 5.81. The number of amides is 1. The van der Waals surface area contributed by atoms with Gasteiger partial charge in [-0.05, 0) is 25.8 Å². The Labute approximate surface area is 187 Å². The van der Waals surface area contributed by atoms with E-state index in [0.717, 1.165) is 11.1 Å². The van der Waals surface area contributed by atoms with Crippen molar-refractivity contribution in [2.24, 2.45) is 0 Å². The molecule has 3 aromatic heterocycles. The molecule has 0 atom stereocenters. The maximum Gasteiger partial charge on any atom is 0.275 e. The fourth-order valence-corrected chi connectivity index (χ4v) is 4.28. The van der Waals surface area contributed by atoms with Crippen molar-refractivity contribution in [2.75, 3.05) is 13.1 Å². The van der Waals surface area contributed by atoms with Crippen LogP contribution in [0.5, 0.6) is 0 Å². The highest BCUT2D eigenvalue weighted by Gasteiger charge is 2.28. The van der Waals surface area contributed by atoms with Gasteiger partial charge in [0, 0.05) is 42.1 Å². The summed E-state index contributed by atoms with van der Waals surface area (Å²) in [6.45, 7) is 2.74. The molecule has 5 rings (SSSR count). The predicted octanol–water partition coefficient (Wildman–Crippen LogP) is 1.85. The summed E-state index contributed by atoms with van der Waals surface area (Å²) in [5.74, 6) is 0.396. The minimum absolute atomic E-state index is 0.0489. The number of nitrogens with one attached hydrogen (secondary N) is 1. The largest absolute Gasteiger partial charge is 0.356 e. The van der Waals surface area contributed by atoms with Gasteiger partial charge in [-0.15, -0.1) is 0 Å². The molecule has 0 radical (unpaired) electrons. The van der Waals surface area contributed by atoms with Crippen LogP contribution in [0.1, 0.15) is 30.1 Å². The molecule has 4 aromatic rings. The number of hydrogen-bond donors (Lipinski definition) is 1. The van der Waals surface area contributed by atoms with Crippen LogP contribution in [0.25, 0.3) is 22.1 Å². The Morgan fingerprint density at radius 3 is 2.73 bits per heavy atom. The fraction of sp³-hybridized carbons (Fsp3) is 0.304. The summed E-state index contributed by atoms with van der Waals surface area (Å²) in [7, 11) is 0. The van der Waals surface area contributed by atoms with Crippen LogP contribution < -0.4 is 11.1 Å². The second-order valence-electron chi connectivity index (χ2n) is 8.21. The van der Waals surface area contributed by atoms with Gasteiger partial charge in [0.1, 0.15) is 6.54 Å². The van der Waals surface area contributed by atoms with Crippen molar-refractivity contribution in [1.29, 1.82) is 0 Å². The van der Waals surface area contributed by atoms with Crippen molar-refractivity contribution in [3.05, 3.63) is 74.7 Å². The Hall–Kier alpha value is -4.08. The second-order valence-corrected chi connectivity index (χ2v) is 8.21. The lowest BCUT2D eigenvalue weighted by Gasteiger charge is -2.32. The standard InChI is InChI=1S/C23H22N6O4/c1-14-10-19(33-27-14)18-11-20(30)25-26-22(18)15-6-8-28(9-7-15)21(31)13-29-23(32)17-5-3-2-4-16(17)12-24-29/h2-5,10-12,15H,6-9,13H2,1H3,(H,25,30). The molecule has 1 amide bonds. The number of piperidine rings is 1. The number of likely N-dealkylation sites (tertiary alicyclic amines) is 1. The predicted molar refractivity (Wildman–Crippen MR) is 120 cm³/mol. The lowest BCUT2D eigenvalue weighted by atomic mass is 9.90. The zero-order valence-electron chi connectivity index (χ0n) is 18.0. The molecule has 0 saturated carbocycles. The van der Waals surface area contributed by atoms with Gasteiger partial charge in [0.15, 0.2) is 5.76 Å². The number of H-pyrrole nitrogens is 1. The number of aromatic amines is 1. The average molecular weight is 446 g/mol. The maximum atomic E-state index is 12.9. The number of carbonyl (C=O) groups excluding carboxylic acids is 1. The summed E-state index contributed by atoms with van der Waals surface area (Å²) in [6.07, 6.45) is 2.95. The van der Waals surface area contributed by atoms with Crippen LogP contribution in [-0.4, -0.2) is 49.0 Å². The van der Waals surface area contributed by atoms with Gasteiger partial charge < -0.3 is 9.42 Å². The van der Waals surface area contributed by atoms with Gasteiger partial charge in [-0.3, -0.25) is 14.4 Å². The Kier molecular flexibility index (Phi) is 5.33. The smallest absolute Gasteiger partial charge is 0.275 e. The van der Waals surface area contributed by atoms with E-state index in [1.54, 1.807) is 29.3 Å². The number of benzene rings is 1. The van der Waals surface area contributed by atoms with E-state index in [1.165, 1.54) is 10.7 Å². The third-order valence-corrected chi connectivity index (χ3v) is 6.01. The van der Waals surface area contributed by atoms with Crippen molar-refractivity contribution < 1.29 is 9.32 Å². The van der Waals surface area contributed by atoms with Gasteiger partial charge >= 0.3 is 0 Å². The van der Waals surface area contributed by atoms with Crippen LogP contribution in [0.4, 0.5) is 0 Å². The van der Waals surface area contributed by atoms with Crippen LogP contribution in [0, 0.1) is 6.92 Å². The Morgan fingerprint density at radius 2 is 1.97 bits per heavy atom. The molecule has 1 saturated heterocycles. The molecule has 0 spiro atoms. The number of hydrogen-bond acceptors (Lipinski definition) is 7. The summed E-state index contributed by atoms with van der Waals surface area (Å²) in [4.78, 5) is 39.1. The van der Waals surface area contributed by atoms with E-state index in [4.69, 9.17) is 4.52 Å². The van der Waals surface area contributed by atoms with Crippen molar-refractivity contribution >= 4 is 16.7 Å². The minimum atomic E-state index is -0.316. The van der Waals surface area contributed by atoms with Gasteiger partial charge in [-0.25, -0.2) is 9.78 Å². The Bertz CT molecular complexity index is 1450. The van der Waals surface area contributed by atoms with Crippen molar-refractivity contribution in [3.63, 3.8) is 0 Å². The molecule has 0 unspecified atom stereocenters. The quantitative estimate of drug-likeness (QED) is 0.507. The van der Waals surface area contributed by atoms with Crippen LogP contribution in [0.15, 0.2) is 56.7 Å². The normalized spacial score (nSPS) is 14.6. The van der Waals surface area contributed by atoms with Gasteiger partial charge in [-0.1, -0.05) is 23.4 Å². The summed E-state index contributed by atoms with van der Waals surface area (Å²) in [6, 6.07) is 10.4. The van der Waals surface area contributed by atoms with Gasteiger partial charge in [0.25, 0.3) is 11.1 Å². The number of rotatable bonds is 4. The third kappa shape index (κ3) is 4.07. The van der Waals surface area contributed by atoms with Crippen molar-refractivity contribution in [1.82, 2.24) is 30.0 Å². The lowest BCUT2D eigenvalue weighted by molar-refractivity contribution is -0.133. The molecule has 10 nitrogen and oxygen atoms in total. The molecular formula is C23H22N6O4. The maximum absolute atomic E-state index is 12.9. The first-order chi connectivity index (χ1) is 16.0. The summed E-state index contributed by atoms with van der Waals surface area (Å²) < 4.78 is 6.57. The summed E-state index contributed by atoms with van der Waals surface area (Å²) in [5, 5.41) is 16.1. The highest BCUT2D eigenvalue weighted by Crippen LogP contribution is 2.33. The second kappa shape index (κ2) is 8.45. The molecule has 0 aliphatic carbocycles. The Morgan fingerprint density at radius 1 is 1.18 bits per heavy atom. The van der Waals surface area contributed by atoms with E-state index in [2.05, 4.69) is 20.5 Å². The molecule has 4 heterocycles. The van der Waals surface area contributed by atoms with Crippen LogP contribution >= 0.6 is 0 Å². The van der Waals surface area contributed by atoms with Crippen molar-refractivity contribution in [2.45, 2.75) is 32.2 Å². The lowest BCUT2D eigenvalue weighted by Crippen LogP contribution is -2.41. The molecule has 1 fully saturated rings. The van der Waals surface area contributed by atoms with Crippen LogP contribution in [0.2, 0.25) is 0 Å². The molecule has 1 aliphatic rings. The first-order valence-electron chi connectivity index (χ1n) is 10.8. The zero-order chi connectivity index (χ0) is 22.9. The number of aryl methyl sites for hydroxylation is 1. The molecule has 1 aromatic carbocycles. The van der Waals surface area contributed by atoms with Crippen LogP contribution in [-0.2, 0) is 11.3 Å². The SMILES string of the molecule is Cc1cc(-c2cc(=O)[nH]nc2C2CCN(C(=O)Cn3ncc4ccccc4c3=O)CC2)on1. The number of nitrogens with zero attached hydrogens (tertiary/aromatic N) is 5. The topological polar surface area (TPSA) is 127 Å². The first-order valence-corrected chi connectivity index (χ1v) is 10.8. The molecule has 0 bridgehead atoms. The average Bonchev–Trinajstić information content (AvgIpc) is 3.27. The van der Waals surface area contributed by atoms with E-state index in [1.807, 2.05) is 19.1 Å². The van der Waals surface area contributed by atoms with Crippen molar-refractivity contribution in [3.8, 4) is 11.3 Å². The van der Waals surface area contributed by atoms with E-state index >= 15 is 0 Å². The monoisotopic (exact) mass is 446 g/mol. The molecule has 10 heteroatoms. The highest BCUT2D eigenvalue weighted by atomic mass is 16.5. The van der Waals surface area contributed by atoms with E-state index < -0.39 is 0 Å². The molecule has 1 N–H and O–H groups in total. The molecule has 168 valence electrons. The van der Waals surface area contributed by atoms with E-state index in [0.29, 0.717) is 48.3 Å². The molecule has 1 aliphatic heterocycles. The number of carbonyl (C=O) groups is 1. The van der Waals surface area contributed by atoms with Gasteiger partial charge in [0.05, 0.1) is 23.0 Å².